The van der Waals surface area contributed by atoms with E-state index >= 15 is 0 Å². The van der Waals surface area contributed by atoms with E-state index in [0.29, 0.717) is 11.4 Å². The highest BCUT2D eigenvalue weighted by atomic mass is 79.9. The van der Waals surface area contributed by atoms with Crippen LogP contribution in [0.4, 0.5) is 15.3 Å². The molecule has 1 N–H and O–H groups in total. The van der Waals surface area contributed by atoms with E-state index < -0.39 is 17.2 Å². The number of nitrogens with one attached hydrogen (secondary N) is 1. The predicted molar refractivity (Wildman–Crippen MR) is 113 cm³/mol. The molecule has 0 saturated carbocycles. The Balaban J connectivity index is 1.67. The van der Waals surface area contributed by atoms with E-state index in [9.17, 15) is 9.59 Å². The van der Waals surface area contributed by atoms with Gasteiger partial charge < -0.3 is 14.2 Å². The van der Waals surface area contributed by atoms with Crippen molar-refractivity contribution in [3.63, 3.8) is 0 Å². The van der Waals surface area contributed by atoms with Gasteiger partial charge in [0.05, 0.1) is 18.3 Å². The van der Waals surface area contributed by atoms with Gasteiger partial charge in [0.2, 0.25) is 0 Å². The highest BCUT2D eigenvalue weighted by Gasteiger charge is 2.53. The first-order chi connectivity index (χ1) is 13.6. The van der Waals surface area contributed by atoms with Crippen LogP contribution < -0.4 is 10.1 Å². The average molecular weight is 469 g/mol. The standard InChI is InChI=1S/C21H29BrN2O5/c1-20(2,3)29-19(26)24-14-6-5-10-21(24,11-9-14)13-28-18(25)23-17-12-15(27-4)7-8-16(17)22/h7-8,12,14H,5-6,9-11,13H2,1-4H3,(H,23,25)/t14-,21+/m1/s1. The molecule has 2 atom stereocenters. The van der Waals surface area contributed by atoms with E-state index in [4.69, 9.17) is 14.2 Å². The SMILES string of the molecule is COc1ccc(Br)c(NC(=O)OC[C@]23CCC[C@H](CC2)N3C(=O)OC(C)(C)C)c1. The summed E-state index contributed by atoms with van der Waals surface area (Å²) in [6.07, 6.45) is 3.61. The van der Waals surface area contributed by atoms with Gasteiger partial charge in [-0.2, -0.15) is 0 Å². The number of rotatable bonds is 4. The van der Waals surface area contributed by atoms with Gasteiger partial charge in [-0.3, -0.25) is 10.2 Å². The van der Waals surface area contributed by atoms with Crippen LogP contribution in [0.2, 0.25) is 0 Å². The lowest BCUT2D eigenvalue weighted by Gasteiger charge is -2.44. The molecule has 3 rings (SSSR count). The van der Waals surface area contributed by atoms with Crippen LogP contribution in [0.15, 0.2) is 22.7 Å². The zero-order chi connectivity index (χ0) is 21.2. The van der Waals surface area contributed by atoms with Crippen molar-refractivity contribution in [1.82, 2.24) is 4.90 Å². The second-order valence-electron chi connectivity index (χ2n) is 8.71. The van der Waals surface area contributed by atoms with Crippen molar-refractivity contribution in [2.24, 2.45) is 0 Å². The van der Waals surface area contributed by atoms with E-state index in [1.165, 1.54) is 0 Å². The lowest BCUT2D eigenvalue weighted by atomic mass is 9.89. The fourth-order valence-electron chi connectivity index (χ4n) is 4.20. The second-order valence-corrected chi connectivity index (χ2v) is 9.56. The smallest absolute Gasteiger partial charge is 0.411 e. The zero-order valence-corrected chi connectivity index (χ0v) is 19.0. The molecule has 7 nitrogen and oxygen atoms in total. The average Bonchev–Trinajstić information content (AvgIpc) is 2.87. The predicted octanol–water partition coefficient (Wildman–Crippen LogP) is 5.33. The van der Waals surface area contributed by atoms with Gasteiger partial charge in [0, 0.05) is 16.6 Å². The van der Waals surface area contributed by atoms with Gasteiger partial charge in [-0.05, 0) is 80.9 Å². The first-order valence-corrected chi connectivity index (χ1v) is 10.7. The fraction of sp³-hybridized carbons (Fsp3) is 0.619. The van der Waals surface area contributed by atoms with Crippen LogP contribution in [-0.4, -0.2) is 48.0 Å². The normalized spacial score (nSPS) is 23.5. The van der Waals surface area contributed by atoms with Gasteiger partial charge in [0.1, 0.15) is 18.0 Å². The second kappa shape index (κ2) is 8.42. The summed E-state index contributed by atoms with van der Waals surface area (Å²) in [7, 11) is 1.56. The highest BCUT2D eigenvalue weighted by molar-refractivity contribution is 9.10. The molecule has 2 amide bonds. The van der Waals surface area contributed by atoms with Gasteiger partial charge in [-0.15, -0.1) is 0 Å². The minimum Gasteiger partial charge on any atom is -0.497 e. The Morgan fingerprint density at radius 3 is 2.72 bits per heavy atom. The summed E-state index contributed by atoms with van der Waals surface area (Å²) in [6, 6.07) is 5.44. The van der Waals surface area contributed by atoms with Crippen LogP contribution in [0.25, 0.3) is 0 Å². The molecule has 160 valence electrons. The number of hydrogen-bond acceptors (Lipinski definition) is 5. The van der Waals surface area contributed by atoms with Crippen molar-refractivity contribution in [2.45, 2.75) is 70.1 Å². The maximum absolute atomic E-state index is 12.9. The number of amides is 2. The van der Waals surface area contributed by atoms with Gasteiger partial charge in [-0.1, -0.05) is 0 Å². The quantitative estimate of drug-likeness (QED) is 0.645. The van der Waals surface area contributed by atoms with Crippen LogP contribution in [0, 0.1) is 0 Å². The number of fused-ring (bicyclic) bond motifs is 2. The van der Waals surface area contributed by atoms with E-state index in [-0.39, 0.29) is 18.7 Å². The summed E-state index contributed by atoms with van der Waals surface area (Å²) in [5.41, 5.74) is -0.496. The Labute approximate surface area is 180 Å². The maximum Gasteiger partial charge on any atom is 0.411 e. The number of nitrogens with zero attached hydrogens (tertiary/aromatic N) is 1. The molecule has 8 heteroatoms. The first kappa shape index (κ1) is 21.7. The molecule has 1 aromatic carbocycles. The number of benzene rings is 1. The van der Waals surface area contributed by atoms with E-state index in [1.54, 1.807) is 25.3 Å². The third kappa shape index (κ3) is 4.97. The Bertz CT molecular complexity index is 775. The molecule has 0 aliphatic carbocycles. The number of anilines is 1. The molecule has 0 aromatic heterocycles. The number of methoxy groups -OCH3 is 1. The van der Waals surface area contributed by atoms with E-state index in [2.05, 4.69) is 21.2 Å². The zero-order valence-electron chi connectivity index (χ0n) is 17.4. The summed E-state index contributed by atoms with van der Waals surface area (Å²) in [5, 5.41) is 2.74. The molecule has 0 radical (unpaired) electrons. The Kier molecular flexibility index (Phi) is 6.31. The van der Waals surface area contributed by atoms with Crippen LogP contribution in [0.1, 0.15) is 52.9 Å². The Morgan fingerprint density at radius 2 is 2.03 bits per heavy atom. The molecule has 0 unspecified atom stereocenters. The van der Waals surface area contributed by atoms with Crippen molar-refractivity contribution in [1.29, 1.82) is 0 Å². The van der Waals surface area contributed by atoms with Crippen molar-refractivity contribution in [3.8, 4) is 5.75 Å². The summed E-state index contributed by atoms with van der Waals surface area (Å²) < 4.78 is 17.1. The van der Waals surface area contributed by atoms with Gasteiger partial charge in [0.15, 0.2) is 0 Å². The topological polar surface area (TPSA) is 77.1 Å². The van der Waals surface area contributed by atoms with Crippen molar-refractivity contribution < 1.29 is 23.8 Å². The summed E-state index contributed by atoms with van der Waals surface area (Å²) in [4.78, 5) is 27.1. The van der Waals surface area contributed by atoms with Crippen molar-refractivity contribution in [2.75, 3.05) is 19.0 Å². The summed E-state index contributed by atoms with van der Waals surface area (Å²) in [6.45, 7) is 5.73. The van der Waals surface area contributed by atoms with E-state index in [1.807, 2.05) is 25.7 Å². The minimum atomic E-state index is -0.563. The lowest BCUT2D eigenvalue weighted by molar-refractivity contribution is -0.0313. The van der Waals surface area contributed by atoms with Crippen LogP contribution in [0.3, 0.4) is 0 Å². The first-order valence-electron chi connectivity index (χ1n) is 9.93. The number of halogens is 1. The largest absolute Gasteiger partial charge is 0.497 e. The molecule has 2 bridgehead atoms. The number of ether oxygens (including phenoxy) is 3. The Morgan fingerprint density at radius 1 is 1.28 bits per heavy atom. The van der Waals surface area contributed by atoms with Gasteiger partial charge in [-0.25, -0.2) is 9.59 Å². The maximum atomic E-state index is 12.9. The molecule has 29 heavy (non-hydrogen) atoms. The molecular weight excluding hydrogens is 440 g/mol. The van der Waals surface area contributed by atoms with Crippen LogP contribution in [0.5, 0.6) is 5.75 Å². The molecular formula is C21H29BrN2O5. The lowest BCUT2D eigenvalue weighted by Crippen LogP contribution is -2.57. The number of carbonyl (C=O) groups is 2. The highest BCUT2D eigenvalue weighted by Crippen LogP contribution is 2.45. The number of carbonyl (C=O) groups excluding carboxylic acids is 2. The molecule has 2 aliphatic heterocycles. The third-order valence-corrected chi connectivity index (χ3v) is 6.16. The Hall–Kier alpha value is -1.96. The minimum absolute atomic E-state index is 0.149. The molecule has 2 heterocycles. The van der Waals surface area contributed by atoms with Gasteiger partial charge >= 0.3 is 12.2 Å². The van der Waals surface area contributed by atoms with Crippen LogP contribution >= 0.6 is 15.9 Å². The third-order valence-electron chi connectivity index (χ3n) is 5.47. The van der Waals surface area contributed by atoms with Crippen molar-refractivity contribution in [3.05, 3.63) is 22.7 Å². The van der Waals surface area contributed by atoms with Gasteiger partial charge in [0.25, 0.3) is 0 Å². The molecule has 0 spiro atoms. The van der Waals surface area contributed by atoms with E-state index in [0.717, 1.165) is 36.6 Å². The van der Waals surface area contributed by atoms with Crippen LogP contribution in [-0.2, 0) is 9.47 Å². The number of hydrogen-bond donors (Lipinski definition) is 1. The summed E-state index contributed by atoms with van der Waals surface area (Å²) in [5.74, 6) is 0.629. The monoisotopic (exact) mass is 468 g/mol. The molecule has 2 aliphatic rings. The summed E-state index contributed by atoms with van der Waals surface area (Å²) >= 11 is 3.41. The molecule has 1 aromatic rings. The molecule has 2 fully saturated rings. The molecule has 2 saturated heterocycles. The number of piperidine rings is 1. The van der Waals surface area contributed by atoms with Crippen molar-refractivity contribution >= 4 is 33.8 Å². The fourth-order valence-corrected chi connectivity index (χ4v) is 4.54.